The Hall–Kier alpha value is -3.04. The Balaban J connectivity index is 1.60. The minimum atomic E-state index is -0.706. The van der Waals surface area contributed by atoms with Crippen molar-refractivity contribution in [2.45, 2.75) is 33.0 Å². The average Bonchev–Trinajstić information content (AvgIpc) is 3.46. The lowest BCUT2D eigenvalue weighted by atomic mass is 9.99. The van der Waals surface area contributed by atoms with Gasteiger partial charge < -0.3 is 19.2 Å². The maximum Gasteiger partial charge on any atom is 0.260 e. The Labute approximate surface area is 202 Å². The number of rotatable bonds is 11. The number of aliphatic hydroxyl groups excluding tert-OH is 1. The summed E-state index contributed by atoms with van der Waals surface area (Å²) in [6.07, 6.45) is 2.55. The highest BCUT2D eigenvalue weighted by Crippen LogP contribution is 2.33. The summed E-state index contributed by atoms with van der Waals surface area (Å²) in [5.74, 6) is 1.30. The van der Waals surface area contributed by atoms with Crippen molar-refractivity contribution in [3.8, 4) is 11.1 Å². The second kappa shape index (κ2) is 10.9. The highest BCUT2D eigenvalue weighted by molar-refractivity contribution is 7.17. The van der Waals surface area contributed by atoms with Crippen LogP contribution in [0.3, 0.4) is 0 Å². The van der Waals surface area contributed by atoms with Crippen molar-refractivity contribution in [3.05, 3.63) is 87.7 Å². The molecule has 1 atom stereocenters. The molecule has 8 heteroatoms. The molecule has 3 heterocycles. The van der Waals surface area contributed by atoms with E-state index in [9.17, 15) is 9.90 Å². The largest absolute Gasteiger partial charge is 0.468 e. The number of aliphatic hydroxyl groups is 1. The highest BCUT2D eigenvalue weighted by atomic mass is 32.1. The van der Waals surface area contributed by atoms with Gasteiger partial charge in [-0.2, -0.15) is 0 Å². The van der Waals surface area contributed by atoms with E-state index < -0.39 is 6.10 Å². The molecule has 3 aromatic heterocycles. The zero-order chi connectivity index (χ0) is 24.1. The predicted octanol–water partition coefficient (Wildman–Crippen LogP) is 4.43. The van der Waals surface area contributed by atoms with E-state index in [4.69, 9.17) is 14.1 Å². The monoisotopic (exact) mass is 479 g/mol. The molecule has 178 valence electrons. The summed E-state index contributed by atoms with van der Waals surface area (Å²) < 4.78 is 10.9. The van der Waals surface area contributed by atoms with Crippen LogP contribution in [-0.4, -0.2) is 45.8 Å². The number of benzene rings is 1. The van der Waals surface area contributed by atoms with Crippen LogP contribution in [0.2, 0.25) is 0 Å². The van der Waals surface area contributed by atoms with Gasteiger partial charge >= 0.3 is 0 Å². The lowest BCUT2D eigenvalue weighted by molar-refractivity contribution is 0.0210. The number of aryl methyl sites for hydroxylation is 2. The van der Waals surface area contributed by atoms with E-state index in [1.807, 2.05) is 36.3 Å². The van der Waals surface area contributed by atoms with Crippen molar-refractivity contribution in [3.63, 3.8) is 0 Å². The molecule has 34 heavy (non-hydrogen) atoms. The van der Waals surface area contributed by atoms with E-state index in [0.29, 0.717) is 42.3 Å². The Kier molecular flexibility index (Phi) is 7.74. The minimum Gasteiger partial charge on any atom is -0.468 e. The fourth-order valence-corrected chi connectivity index (χ4v) is 4.91. The van der Waals surface area contributed by atoms with Crippen molar-refractivity contribution in [1.82, 2.24) is 14.9 Å². The lowest BCUT2D eigenvalue weighted by Crippen LogP contribution is -2.35. The molecule has 0 radical (unpaired) electrons. The number of nitrogens with zero attached hydrogens (tertiary/aromatic N) is 2. The molecule has 4 rings (SSSR count). The molecule has 4 aromatic rings. The molecule has 0 saturated heterocycles. The number of furan rings is 1. The summed E-state index contributed by atoms with van der Waals surface area (Å²) in [5, 5.41) is 13.0. The molecule has 0 fully saturated rings. The van der Waals surface area contributed by atoms with Gasteiger partial charge in [0, 0.05) is 17.5 Å². The normalized spacial score (nSPS) is 12.5. The van der Waals surface area contributed by atoms with Crippen molar-refractivity contribution in [1.29, 1.82) is 0 Å². The molecule has 7 nitrogen and oxygen atoms in total. The molecule has 0 bridgehead atoms. The predicted molar refractivity (Wildman–Crippen MR) is 135 cm³/mol. The van der Waals surface area contributed by atoms with Gasteiger partial charge in [-0.3, -0.25) is 9.69 Å². The van der Waals surface area contributed by atoms with Crippen LogP contribution in [0.15, 0.2) is 63.8 Å². The van der Waals surface area contributed by atoms with E-state index in [1.54, 1.807) is 12.3 Å². The highest BCUT2D eigenvalue weighted by Gasteiger charge is 2.18. The smallest absolute Gasteiger partial charge is 0.260 e. The molecule has 0 aliphatic carbocycles. The zero-order valence-corrected chi connectivity index (χ0v) is 20.2. The first kappa shape index (κ1) is 24.1. The molecule has 0 amide bonds. The number of aromatic nitrogens is 2. The third-order valence-electron chi connectivity index (χ3n) is 5.52. The zero-order valence-electron chi connectivity index (χ0n) is 19.4. The fourth-order valence-electron chi connectivity index (χ4n) is 3.95. The van der Waals surface area contributed by atoms with Gasteiger partial charge in [0.15, 0.2) is 0 Å². The lowest BCUT2D eigenvalue weighted by Gasteiger charge is -2.23. The van der Waals surface area contributed by atoms with Gasteiger partial charge in [-0.05, 0) is 37.1 Å². The molecule has 0 saturated carbocycles. The molecule has 0 spiro atoms. The topological polar surface area (TPSA) is 91.6 Å². The molecule has 2 N–H and O–H groups in total. The van der Waals surface area contributed by atoms with Crippen LogP contribution in [0.4, 0.5) is 0 Å². The third kappa shape index (κ3) is 5.71. The van der Waals surface area contributed by atoms with Gasteiger partial charge in [0.2, 0.25) is 0 Å². The molecular weight excluding hydrogens is 450 g/mol. The Bertz CT molecular complexity index is 1310. The first-order valence-electron chi connectivity index (χ1n) is 11.1. The Morgan fingerprint density at radius 1 is 1.29 bits per heavy atom. The summed E-state index contributed by atoms with van der Waals surface area (Å²) in [7, 11) is 0. The van der Waals surface area contributed by atoms with Gasteiger partial charge in [-0.25, -0.2) is 4.98 Å². The Morgan fingerprint density at radius 2 is 2.15 bits per heavy atom. The second-order valence-electron chi connectivity index (χ2n) is 8.39. The summed E-state index contributed by atoms with van der Waals surface area (Å²) in [6.45, 7) is 9.42. The van der Waals surface area contributed by atoms with Crippen molar-refractivity contribution >= 4 is 21.6 Å². The molecule has 1 aromatic carbocycles. The van der Waals surface area contributed by atoms with Crippen LogP contribution in [0.25, 0.3) is 21.3 Å². The van der Waals surface area contributed by atoms with Crippen LogP contribution in [0, 0.1) is 13.8 Å². The second-order valence-corrected chi connectivity index (χ2v) is 9.25. The average molecular weight is 480 g/mol. The number of nitrogens with one attached hydrogen (secondary N) is 1. The van der Waals surface area contributed by atoms with Crippen LogP contribution in [0.1, 0.15) is 22.7 Å². The van der Waals surface area contributed by atoms with Gasteiger partial charge in [0.1, 0.15) is 16.4 Å². The van der Waals surface area contributed by atoms with Gasteiger partial charge in [0.05, 0.1) is 44.1 Å². The number of hydrogen-bond donors (Lipinski definition) is 2. The Morgan fingerprint density at radius 3 is 2.91 bits per heavy atom. The maximum atomic E-state index is 13.1. The molecular formula is C26H29N3O4S. The van der Waals surface area contributed by atoms with Crippen molar-refractivity contribution in [2.24, 2.45) is 0 Å². The number of thiophene rings is 1. The van der Waals surface area contributed by atoms with Crippen molar-refractivity contribution < 1.29 is 14.3 Å². The summed E-state index contributed by atoms with van der Waals surface area (Å²) in [6, 6.07) is 9.94. The maximum absolute atomic E-state index is 13.1. The SMILES string of the molecule is C=CCOCC(O)CN(Cc1nc2scc(-c3cc(C)ccc3C)c2c(=O)[nH]1)Cc1ccco1. The fraction of sp³-hybridized carbons (Fsp3) is 0.308. The summed E-state index contributed by atoms with van der Waals surface area (Å²) in [4.78, 5) is 23.5. The number of ether oxygens (including phenoxy) is 1. The van der Waals surface area contributed by atoms with Gasteiger partial charge in [-0.1, -0.05) is 29.8 Å². The first-order chi connectivity index (χ1) is 16.4. The standard InChI is InChI=1S/C26H29N3O4S/c1-4-9-32-15-19(30)12-29(13-20-6-5-10-33-20)14-23-27-25(31)24-22(16-34-26(24)28-23)21-11-17(2)7-8-18(21)3/h4-8,10-11,16,19,30H,1,9,12-15H2,2-3H3,(H,27,28,31). The quantitative estimate of drug-likeness (QED) is 0.244. The van der Waals surface area contributed by atoms with Gasteiger partial charge in [-0.15, -0.1) is 17.9 Å². The van der Waals surface area contributed by atoms with E-state index in [0.717, 1.165) is 28.0 Å². The van der Waals surface area contributed by atoms with E-state index in [-0.39, 0.29) is 12.2 Å². The van der Waals surface area contributed by atoms with Crippen LogP contribution in [-0.2, 0) is 17.8 Å². The van der Waals surface area contributed by atoms with Crippen LogP contribution in [0.5, 0.6) is 0 Å². The molecule has 0 aliphatic rings. The van der Waals surface area contributed by atoms with Crippen LogP contribution < -0.4 is 5.56 Å². The van der Waals surface area contributed by atoms with E-state index >= 15 is 0 Å². The minimum absolute atomic E-state index is 0.162. The number of hydrogen-bond acceptors (Lipinski definition) is 7. The van der Waals surface area contributed by atoms with Gasteiger partial charge in [0.25, 0.3) is 5.56 Å². The first-order valence-corrected chi connectivity index (χ1v) is 12.0. The molecule has 1 unspecified atom stereocenters. The summed E-state index contributed by atoms with van der Waals surface area (Å²) >= 11 is 1.46. The number of aromatic amines is 1. The summed E-state index contributed by atoms with van der Waals surface area (Å²) in [5.41, 5.74) is 4.05. The van der Waals surface area contributed by atoms with Crippen LogP contribution >= 0.6 is 11.3 Å². The molecule has 0 aliphatic heterocycles. The third-order valence-corrected chi connectivity index (χ3v) is 6.40. The number of H-pyrrole nitrogens is 1. The van der Waals surface area contributed by atoms with E-state index in [1.165, 1.54) is 11.3 Å². The van der Waals surface area contributed by atoms with Crippen molar-refractivity contribution in [2.75, 3.05) is 19.8 Å². The number of fused-ring (bicyclic) bond motifs is 1. The van der Waals surface area contributed by atoms with E-state index in [2.05, 4.69) is 29.8 Å².